The Hall–Kier alpha value is -1.36. The molecule has 0 radical (unpaired) electrons. The van der Waals surface area contributed by atoms with Crippen LogP contribution in [0.15, 0.2) is 30.3 Å². The second-order valence-electron chi connectivity index (χ2n) is 8.00. The average Bonchev–Trinajstić information content (AvgIpc) is 3.40. The predicted molar refractivity (Wildman–Crippen MR) is 110 cm³/mol. The number of fused-ring (bicyclic) bond motifs is 1. The fraction of sp³-hybridized carbons (Fsp3) is 0.500. The lowest BCUT2D eigenvalue weighted by molar-refractivity contribution is 0.0534. The van der Waals surface area contributed by atoms with Crippen LogP contribution >= 0.6 is 24.8 Å². The molecule has 1 saturated heterocycles. The Balaban J connectivity index is 0.00000121. The van der Waals surface area contributed by atoms with Crippen molar-refractivity contribution in [3.8, 4) is 0 Å². The van der Waals surface area contributed by atoms with Crippen LogP contribution in [0.1, 0.15) is 55.1 Å². The molecule has 0 bridgehead atoms. The molecule has 1 aliphatic carbocycles. The number of hydrogen-bond donors (Lipinski definition) is 1. The molecule has 4 rings (SSSR count). The topological polar surface area (TPSA) is 59.2 Å². The smallest absolute Gasteiger partial charge is 0.254 e. The van der Waals surface area contributed by atoms with Crippen molar-refractivity contribution in [1.29, 1.82) is 0 Å². The SMILES string of the molecule is CC1(C)CN(C(=O)c2cc(C3CC3)nc3ccccc23)CCC1N.Cl.Cl. The number of rotatable bonds is 2. The van der Waals surface area contributed by atoms with Gasteiger partial charge in [0.05, 0.1) is 11.1 Å². The Morgan fingerprint density at radius 3 is 2.54 bits per heavy atom. The number of nitrogens with zero attached hydrogens (tertiary/aromatic N) is 2. The zero-order valence-corrected chi connectivity index (χ0v) is 16.9. The van der Waals surface area contributed by atoms with Gasteiger partial charge in [-0.25, -0.2) is 0 Å². The molecular formula is C20H27Cl2N3O. The van der Waals surface area contributed by atoms with Crippen molar-refractivity contribution < 1.29 is 4.79 Å². The van der Waals surface area contributed by atoms with Crippen molar-refractivity contribution in [3.63, 3.8) is 0 Å². The molecule has 2 N–H and O–H groups in total. The summed E-state index contributed by atoms with van der Waals surface area (Å²) in [6.45, 7) is 5.75. The highest BCUT2D eigenvalue weighted by Crippen LogP contribution is 2.40. The number of aromatic nitrogens is 1. The number of carbonyl (C=O) groups is 1. The molecule has 1 atom stereocenters. The molecule has 6 heteroatoms. The van der Waals surface area contributed by atoms with Gasteiger partial charge in [-0.2, -0.15) is 0 Å². The van der Waals surface area contributed by atoms with Gasteiger partial charge in [-0.15, -0.1) is 24.8 Å². The molecule has 1 unspecified atom stereocenters. The van der Waals surface area contributed by atoms with Crippen LogP contribution in [0, 0.1) is 5.41 Å². The lowest BCUT2D eigenvalue weighted by atomic mass is 9.79. The van der Waals surface area contributed by atoms with E-state index in [0.717, 1.165) is 35.1 Å². The molecule has 26 heavy (non-hydrogen) atoms. The average molecular weight is 396 g/mol. The molecule has 1 aromatic carbocycles. The molecule has 2 fully saturated rings. The molecule has 1 aliphatic heterocycles. The first-order chi connectivity index (χ1) is 11.5. The second-order valence-corrected chi connectivity index (χ2v) is 8.00. The lowest BCUT2D eigenvalue weighted by Gasteiger charge is -2.42. The van der Waals surface area contributed by atoms with Gasteiger partial charge in [0.1, 0.15) is 0 Å². The largest absolute Gasteiger partial charge is 0.338 e. The minimum Gasteiger partial charge on any atom is -0.338 e. The third kappa shape index (κ3) is 3.83. The zero-order chi connectivity index (χ0) is 16.9. The highest BCUT2D eigenvalue weighted by atomic mass is 35.5. The molecule has 1 amide bonds. The van der Waals surface area contributed by atoms with Gasteiger partial charge in [-0.05, 0) is 36.8 Å². The summed E-state index contributed by atoms with van der Waals surface area (Å²) in [5.41, 5.74) is 8.99. The van der Waals surface area contributed by atoms with Crippen molar-refractivity contribution in [1.82, 2.24) is 9.88 Å². The van der Waals surface area contributed by atoms with Crippen LogP contribution in [0.25, 0.3) is 10.9 Å². The van der Waals surface area contributed by atoms with E-state index in [-0.39, 0.29) is 42.2 Å². The maximum absolute atomic E-state index is 13.3. The first-order valence-corrected chi connectivity index (χ1v) is 8.90. The van der Waals surface area contributed by atoms with E-state index in [4.69, 9.17) is 10.7 Å². The highest BCUT2D eigenvalue weighted by Gasteiger charge is 2.36. The molecule has 1 aromatic heterocycles. The Morgan fingerprint density at radius 2 is 1.88 bits per heavy atom. The number of piperidine rings is 1. The number of benzene rings is 1. The van der Waals surface area contributed by atoms with E-state index in [9.17, 15) is 4.79 Å². The Labute approximate surface area is 167 Å². The van der Waals surface area contributed by atoms with Gasteiger partial charge in [0, 0.05) is 36.1 Å². The van der Waals surface area contributed by atoms with Crippen molar-refractivity contribution >= 4 is 41.6 Å². The maximum Gasteiger partial charge on any atom is 0.254 e. The van der Waals surface area contributed by atoms with Gasteiger partial charge in [0.15, 0.2) is 0 Å². The van der Waals surface area contributed by atoms with Crippen LogP contribution in [-0.4, -0.2) is 34.9 Å². The van der Waals surface area contributed by atoms with Crippen LogP contribution in [0.5, 0.6) is 0 Å². The van der Waals surface area contributed by atoms with Crippen molar-refractivity contribution in [2.45, 2.75) is 45.1 Å². The molecule has 2 aromatic rings. The first kappa shape index (κ1) is 20.9. The van der Waals surface area contributed by atoms with Gasteiger partial charge in [-0.1, -0.05) is 32.0 Å². The summed E-state index contributed by atoms with van der Waals surface area (Å²) in [5, 5.41) is 0.958. The second kappa shape index (κ2) is 7.71. The van der Waals surface area contributed by atoms with E-state index in [1.807, 2.05) is 35.2 Å². The van der Waals surface area contributed by atoms with Crippen LogP contribution in [0.4, 0.5) is 0 Å². The van der Waals surface area contributed by atoms with Gasteiger partial charge < -0.3 is 10.6 Å². The van der Waals surface area contributed by atoms with Gasteiger partial charge in [0.25, 0.3) is 5.91 Å². The molecule has 1 saturated carbocycles. The number of pyridine rings is 1. The first-order valence-electron chi connectivity index (χ1n) is 8.90. The molecule has 2 aliphatic rings. The third-order valence-corrected chi connectivity index (χ3v) is 5.56. The van der Waals surface area contributed by atoms with Crippen LogP contribution in [-0.2, 0) is 0 Å². The van der Waals surface area contributed by atoms with E-state index < -0.39 is 0 Å². The summed E-state index contributed by atoms with van der Waals surface area (Å²) in [6, 6.07) is 10.2. The van der Waals surface area contributed by atoms with Crippen LogP contribution < -0.4 is 5.73 Å². The van der Waals surface area contributed by atoms with Crippen molar-refractivity contribution in [3.05, 3.63) is 41.6 Å². The number of halogens is 2. The quantitative estimate of drug-likeness (QED) is 0.830. The summed E-state index contributed by atoms with van der Waals surface area (Å²) in [4.78, 5) is 20.0. The van der Waals surface area contributed by atoms with Gasteiger partial charge in [0.2, 0.25) is 0 Å². The van der Waals surface area contributed by atoms with E-state index in [1.165, 1.54) is 12.8 Å². The fourth-order valence-corrected chi connectivity index (χ4v) is 3.68. The monoisotopic (exact) mass is 395 g/mol. The molecule has 0 spiro atoms. The predicted octanol–water partition coefficient (Wildman–Crippen LogP) is 4.16. The normalized spacial score (nSPS) is 21.7. The van der Waals surface area contributed by atoms with E-state index in [0.29, 0.717) is 12.5 Å². The molecule has 4 nitrogen and oxygen atoms in total. The molecule has 2 heterocycles. The van der Waals surface area contributed by atoms with Crippen LogP contribution in [0.3, 0.4) is 0 Å². The Kier molecular flexibility index (Phi) is 6.21. The summed E-state index contributed by atoms with van der Waals surface area (Å²) in [5.74, 6) is 0.655. The number of likely N-dealkylation sites (tertiary alicyclic amines) is 1. The number of para-hydroxylation sites is 1. The standard InChI is InChI=1S/C20H25N3O.2ClH/c1-20(2)12-23(10-9-18(20)21)19(24)15-11-17(13-7-8-13)22-16-6-4-3-5-14(15)16;;/h3-6,11,13,18H,7-10,12,21H2,1-2H3;2*1H. The zero-order valence-electron chi connectivity index (χ0n) is 15.3. The summed E-state index contributed by atoms with van der Waals surface area (Å²) in [7, 11) is 0. The highest BCUT2D eigenvalue weighted by molar-refractivity contribution is 6.06. The summed E-state index contributed by atoms with van der Waals surface area (Å²) < 4.78 is 0. The summed E-state index contributed by atoms with van der Waals surface area (Å²) >= 11 is 0. The molecular weight excluding hydrogens is 369 g/mol. The number of carbonyl (C=O) groups excluding carboxylic acids is 1. The van der Waals surface area contributed by atoms with Gasteiger partial charge in [-0.3, -0.25) is 9.78 Å². The van der Waals surface area contributed by atoms with Crippen molar-refractivity contribution in [2.24, 2.45) is 11.1 Å². The molecule has 142 valence electrons. The third-order valence-electron chi connectivity index (χ3n) is 5.56. The minimum atomic E-state index is -0.0456. The van der Waals surface area contributed by atoms with Crippen molar-refractivity contribution in [2.75, 3.05) is 13.1 Å². The fourth-order valence-electron chi connectivity index (χ4n) is 3.68. The van der Waals surface area contributed by atoms with E-state index >= 15 is 0 Å². The van der Waals surface area contributed by atoms with E-state index in [2.05, 4.69) is 13.8 Å². The maximum atomic E-state index is 13.3. The van der Waals surface area contributed by atoms with Gasteiger partial charge >= 0.3 is 0 Å². The Bertz CT molecular complexity index is 805. The lowest BCUT2D eigenvalue weighted by Crippen LogP contribution is -2.54. The minimum absolute atomic E-state index is 0. The summed E-state index contributed by atoms with van der Waals surface area (Å²) in [6.07, 6.45) is 3.23. The number of nitrogens with two attached hydrogens (primary N) is 1. The number of amides is 1. The van der Waals surface area contributed by atoms with E-state index in [1.54, 1.807) is 0 Å². The Morgan fingerprint density at radius 1 is 1.19 bits per heavy atom. The van der Waals surface area contributed by atoms with Crippen LogP contribution in [0.2, 0.25) is 0 Å². The number of hydrogen-bond acceptors (Lipinski definition) is 3.